The molecule has 0 saturated heterocycles. The number of rotatable bonds is 6. The zero-order chi connectivity index (χ0) is 22.9. The molecule has 170 valence electrons. The van der Waals surface area contributed by atoms with Crippen LogP contribution in [-0.2, 0) is 24.2 Å². The molecule has 4 nitrogen and oxygen atoms in total. The average Bonchev–Trinajstić information content (AvgIpc) is 3.36. The smallest absolute Gasteiger partial charge is 0.229 e. The van der Waals surface area contributed by atoms with Crippen LogP contribution in [0.2, 0.25) is 0 Å². The van der Waals surface area contributed by atoms with E-state index < -0.39 is 0 Å². The van der Waals surface area contributed by atoms with Gasteiger partial charge < -0.3 is 5.32 Å². The van der Waals surface area contributed by atoms with Gasteiger partial charge in [0.2, 0.25) is 5.91 Å². The zero-order valence-electron chi connectivity index (χ0n) is 19.4. The SMILES string of the molecule is CCCN1CCc2c(sc(NC(=O)Cc3ccc(C)cc3C)c2-c2nc3ccccc3s2)C1. The predicted molar refractivity (Wildman–Crippen MR) is 140 cm³/mol. The van der Waals surface area contributed by atoms with E-state index in [9.17, 15) is 4.79 Å². The number of aryl methyl sites for hydroxylation is 2. The van der Waals surface area contributed by atoms with Crippen LogP contribution in [0.15, 0.2) is 42.5 Å². The maximum Gasteiger partial charge on any atom is 0.229 e. The van der Waals surface area contributed by atoms with E-state index in [0.717, 1.165) is 64.7 Å². The number of carbonyl (C=O) groups excluding carboxylic acids is 1. The number of thiazole rings is 1. The van der Waals surface area contributed by atoms with Crippen LogP contribution in [0.5, 0.6) is 0 Å². The summed E-state index contributed by atoms with van der Waals surface area (Å²) in [6, 6.07) is 14.6. The lowest BCUT2D eigenvalue weighted by atomic mass is 10.0. The number of carbonyl (C=O) groups is 1. The zero-order valence-corrected chi connectivity index (χ0v) is 21.0. The lowest BCUT2D eigenvalue weighted by molar-refractivity contribution is -0.115. The topological polar surface area (TPSA) is 45.2 Å². The Hall–Kier alpha value is -2.54. The number of hydrogen-bond acceptors (Lipinski definition) is 5. The minimum atomic E-state index is 0.0355. The molecule has 0 radical (unpaired) electrons. The molecule has 0 fully saturated rings. The number of thiophene rings is 1. The van der Waals surface area contributed by atoms with Crippen molar-refractivity contribution in [1.29, 1.82) is 0 Å². The van der Waals surface area contributed by atoms with E-state index >= 15 is 0 Å². The van der Waals surface area contributed by atoms with Crippen LogP contribution in [0, 0.1) is 13.8 Å². The van der Waals surface area contributed by atoms with Gasteiger partial charge in [0.15, 0.2) is 0 Å². The molecule has 3 heterocycles. The highest BCUT2D eigenvalue weighted by Gasteiger charge is 2.27. The monoisotopic (exact) mass is 475 g/mol. The average molecular weight is 476 g/mol. The highest BCUT2D eigenvalue weighted by molar-refractivity contribution is 7.22. The third-order valence-corrected chi connectivity index (χ3v) is 8.47. The first-order chi connectivity index (χ1) is 16.0. The lowest BCUT2D eigenvalue weighted by Gasteiger charge is -2.26. The summed E-state index contributed by atoms with van der Waals surface area (Å²) in [4.78, 5) is 22.0. The summed E-state index contributed by atoms with van der Waals surface area (Å²) < 4.78 is 1.18. The van der Waals surface area contributed by atoms with Gasteiger partial charge in [0.25, 0.3) is 0 Å². The van der Waals surface area contributed by atoms with Crippen molar-refractivity contribution in [3.63, 3.8) is 0 Å². The Bertz CT molecular complexity index is 1290. The number of benzene rings is 2. The normalized spacial score (nSPS) is 13.9. The summed E-state index contributed by atoms with van der Waals surface area (Å²) in [7, 11) is 0. The molecule has 2 aromatic heterocycles. The molecule has 0 bridgehead atoms. The number of nitrogens with one attached hydrogen (secondary N) is 1. The van der Waals surface area contributed by atoms with E-state index in [1.54, 1.807) is 22.7 Å². The minimum absolute atomic E-state index is 0.0355. The van der Waals surface area contributed by atoms with Crippen molar-refractivity contribution in [2.24, 2.45) is 0 Å². The molecule has 4 aromatic rings. The molecule has 1 N–H and O–H groups in total. The van der Waals surface area contributed by atoms with E-state index in [1.807, 2.05) is 6.07 Å². The minimum Gasteiger partial charge on any atom is -0.317 e. The summed E-state index contributed by atoms with van der Waals surface area (Å²) in [5.41, 5.74) is 6.99. The van der Waals surface area contributed by atoms with Crippen LogP contribution in [-0.4, -0.2) is 28.9 Å². The molecule has 33 heavy (non-hydrogen) atoms. The van der Waals surface area contributed by atoms with Crippen LogP contribution in [0.3, 0.4) is 0 Å². The van der Waals surface area contributed by atoms with Crippen molar-refractivity contribution in [3.8, 4) is 10.6 Å². The Labute approximate surface area is 203 Å². The first-order valence-corrected chi connectivity index (χ1v) is 13.2. The fourth-order valence-electron chi connectivity index (χ4n) is 4.64. The van der Waals surface area contributed by atoms with E-state index in [0.29, 0.717) is 6.42 Å². The van der Waals surface area contributed by atoms with Gasteiger partial charge in [-0.3, -0.25) is 9.69 Å². The van der Waals surface area contributed by atoms with Crippen molar-refractivity contribution in [1.82, 2.24) is 9.88 Å². The summed E-state index contributed by atoms with van der Waals surface area (Å²) >= 11 is 3.45. The molecule has 0 saturated carbocycles. The highest BCUT2D eigenvalue weighted by Crippen LogP contribution is 2.45. The molecule has 2 aromatic carbocycles. The lowest BCUT2D eigenvalue weighted by Crippen LogP contribution is -2.30. The second kappa shape index (κ2) is 9.37. The molecule has 0 spiro atoms. The number of anilines is 1. The third-order valence-electron chi connectivity index (χ3n) is 6.29. The maximum absolute atomic E-state index is 13.1. The van der Waals surface area contributed by atoms with Crippen LogP contribution >= 0.6 is 22.7 Å². The molecule has 1 amide bonds. The fourth-order valence-corrected chi connectivity index (χ4v) is 7.06. The summed E-state index contributed by atoms with van der Waals surface area (Å²) in [6.07, 6.45) is 2.55. The van der Waals surface area contributed by atoms with Gasteiger partial charge in [-0.15, -0.1) is 22.7 Å². The number of amides is 1. The molecule has 0 unspecified atom stereocenters. The van der Waals surface area contributed by atoms with Crippen LogP contribution in [0.4, 0.5) is 5.00 Å². The number of para-hydroxylation sites is 1. The number of hydrogen-bond donors (Lipinski definition) is 1. The van der Waals surface area contributed by atoms with Gasteiger partial charge in [-0.2, -0.15) is 0 Å². The summed E-state index contributed by atoms with van der Waals surface area (Å²) in [5.74, 6) is 0.0355. The van der Waals surface area contributed by atoms with Gasteiger partial charge in [0, 0.05) is 23.5 Å². The van der Waals surface area contributed by atoms with Crippen molar-refractivity contribution in [2.75, 3.05) is 18.4 Å². The van der Waals surface area contributed by atoms with Crippen LogP contribution < -0.4 is 5.32 Å². The van der Waals surface area contributed by atoms with E-state index in [-0.39, 0.29) is 5.91 Å². The second-order valence-electron chi connectivity index (χ2n) is 8.88. The Balaban J connectivity index is 1.49. The molecular weight excluding hydrogens is 446 g/mol. The molecule has 0 atom stereocenters. The Kier molecular flexibility index (Phi) is 6.32. The standard InChI is InChI=1S/C27H29N3OS2/c1-4-12-30-13-11-20-23(16-30)33-27(25(20)26-28-21-7-5-6-8-22(21)32-26)29-24(31)15-19-10-9-17(2)14-18(19)3/h5-10,14H,4,11-13,15-16H2,1-3H3,(H,29,31). The quantitative estimate of drug-likeness (QED) is 0.342. The Morgan fingerprint density at radius 3 is 2.79 bits per heavy atom. The molecule has 1 aliphatic rings. The molecule has 0 aliphatic carbocycles. The number of fused-ring (bicyclic) bond motifs is 2. The molecule has 5 rings (SSSR count). The Morgan fingerprint density at radius 1 is 1.15 bits per heavy atom. The van der Waals surface area contributed by atoms with Gasteiger partial charge in [-0.25, -0.2) is 4.98 Å². The summed E-state index contributed by atoms with van der Waals surface area (Å²) in [5, 5.41) is 5.24. The Morgan fingerprint density at radius 2 is 2.00 bits per heavy atom. The van der Waals surface area contributed by atoms with Gasteiger partial charge >= 0.3 is 0 Å². The third kappa shape index (κ3) is 4.60. The summed E-state index contributed by atoms with van der Waals surface area (Å²) in [6.45, 7) is 9.52. The molecular formula is C27H29N3OS2. The van der Waals surface area contributed by atoms with E-state index in [2.05, 4.69) is 67.4 Å². The van der Waals surface area contributed by atoms with E-state index in [4.69, 9.17) is 4.98 Å². The van der Waals surface area contributed by atoms with Crippen molar-refractivity contribution in [3.05, 3.63) is 69.6 Å². The van der Waals surface area contributed by atoms with Crippen molar-refractivity contribution in [2.45, 2.75) is 46.6 Å². The second-order valence-corrected chi connectivity index (χ2v) is 11.0. The van der Waals surface area contributed by atoms with Gasteiger partial charge in [-0.1, -0.05) is 42.8 Å². The van der Waals surface area contributed by atoms with Gasteiger partial charge in [0.05, 0.1) is 16.6 Å². The first kappa shape index (κ1) is 22.3. The number of aromatic nitrogens is 1. The molecule has 6 heteroatoms. The largest absolute Gasteiger partial charge is 0.317 e. The van der Waals surface area contributed by atoms with Gasteiger partial charge in [-0.05, 0) is 62.1 Å². The highest BCUT2D eigenvalue weighted by atomic mass is 32.1. The number of nitrogens with zero attached hydrogens (tertiary/aromatic N) is 2. The van der Waals surface area contributed by atoms with E-state index in [1.165, 1.54) is 20.7 Å². The maximum atomic E-state index is 13.1. The van der Waals surface area contributed by atoms with Gasteiger partial charge in [0.1, 0.15) is 10.0 Å². The first-order valence-electron chi connectivity index (χ1n) is 11.6. The van der Waals surface area contributed by atoms with Crippen LogP contribution in [0.1, 0.15) is 40.5 Å². The predicted octanol–water partition coefficient (Wildman–Crippen LogP) is 6.59. The molecule has 1 aliphatic heterocycles. The van der Waals surface area contributed by atoms with Crippen LogP contribution in [0.25, 0.3) is 20.8 Å². The van der Waals surface area contributed by atoms with Crippen molar-refractivity contribution >= 4 is 43.8 Å². The van der Waals surface area contributed by atoms with Crippen molar-refractivity contribution < 1.29 is 4.79 Å². The fraction of sp³-hybridized carbons (Fsp3) is 0.333.